The smallest absolute Gasteiger partial charge is 0.213 e. The van der Waals surface area contributed by atoms with Crippen LogP contribution in [-0.4, -0.2) is 5.11 Å². The number of nitrogens with zero attached hydrogens (tertiary/aromatic N) is 1. The molecular formula is C32H28NO+. The minimum Gasteiger partial charge on any atom is -0.381 e. The van der Waals surface area contributed by atoms with Crippen molar-refractivity contribution in [1.29, 1.82) is 0 Å². The van der Waals surface area contributed by atoms with Gasteiger partial charge in [0.25, 0.3) is 0 Å². The predicted molar refractivity (Wildman–Crippen MR) is 139 cm³/mol. The Morgan fingerprint density at radius 1 is 0.500 bits per heavy atom. The Kier molecular flexibility index (Phi) is 6.33. The Balaban J connectivity index is 1.79. The number of hydrogen-bond acceptors (Lipinski definition) is 1. The molecule has 0 radical (unpaired) electrons. The first kappa shape index (κ1) is 21.8. The first-order valence-electron chi connectivity index (χ1n) is 11.7. The van der Waals surface area contributed by atoms with E-state index in [4.69, 9.17) is 0 Å². The number of hydrogen-bond donors (Lipinski definition) is 1. The molecule has 0 fully saturated rings. The van der Waals surface area contributed by atoms with Gasteiger partial charge in [-0.15, -0.1) is 0 Å². The van der Waals surface area contributed by atoms with Gasteiger partial charge in [0.15, 0.2) is 6.04 Å². The summed E-state index contributed by atoms with van der Waals surface area (Å²) in [4.78, 5) is 0. The van der Waals surface area contributed by atoms with Gasteiger partial charge in [-0.05, 0) is 41.0 Å². The summed E-state index contributed by atoms with van der Waals surface area (Å²) in [5.74, 6) is 0. The van der Waals surface area contributed by atoms with Gasteiger partial charge in [-0.1, -0.05) is 97.1 Å². The highest BCUT2D eigenvalue weighted by atomic mass is 16.3. The van der Waals surface area contributed by atoms with E-state index in [2.05, 4.69) is 96.4 Å². The van der Waals surface area contributed by atoms with Crippen molar-refractivity contribution in [2.24, 2.45) is 0 Å². The molecule has 2 atom stereocenters. The van der Waals surface area contributed by atoms with Crippen molar-refractivity contribution in [3.05, 3.63) is 139 Å². The molecule has 0 amide bonds. The van der Waals surface area contributed by atoms with Crippen molar-refractivity contribution in [2.75, 3.05) is 0 Å². The highest BCUT2D eigenvalue weighted by Gasteiger charge is 2.32. The van der Waals surface area contributed by atoms with Gasteiger partial charge < -0.3 is 5.11 Å². The number of aromatic nitrogens is 1. The van der Waals surface area contributed by atoms with Crippen LogP contribution in [0.1, 0.15) is 24.6 Å². The zero-order valence-corrected chi connectivity index (χ0v) is 19.3. The Morgan fingerprint density at radius 3 is 1.32 bits per heavy atom. The molecule has 1 N–H and O–H groups in total. The quantitative estimate of drug-likeness (QED) is 0.275. The molecule has 2 nitrogen and oxygen atoms in total. The molecule has 4 aromatic carbocycles. The molecule has 0 saturated heterocycles. The average molecular weight is 443 g/mol. The van der Waals surface area contributed by atoms with Gasteiger partial charge in [0.1, 0.15) is 6.10 Å². The molecule has 1 aromatic heterocycles. The van der Waals surface area contributed by atoms with Crippen molar-refractivity contribution in [2.45, 2.75) is 19.1 Å². The van der Waals surface area contributed by atoms with E-state index in [1.807, 2.05) is 48.5 Å². The Labute approximate surface area is 201 Å². The maximum atomic E-state index is 11.5. The van der Waals surface area contributed by atoms with E-state index >= 15 is 0 Å². The SMILES string of the molecule is C[C@H]([C@H](O)c1ccccc1)[n+]1c(-c2ccccc2)cc(-c2ccccc2)cc1-c1ccccc1. The molecule has 0 aliphatic carbocycles. The lowest BCUT2D eigenvalue weighted by Crippen LogP contribution is -2.45. The molecule has 0 aliphatic heterocycles. The van der Waals surface area contributed by atoms with E-state index in [9.17, 15) is 5.11 Å². The van der Waals surface area contributed by atoms with E-state index in [0.29, 0.717) is 0 Å². The number of aliphatic hydroxyl groups is 1. The number of rotatable bonds is 6. The number of aliphatic hydroxyl groups excluding tert-OH is 1. The van der Waals surface area contributed by atoms with Crippen molar-refractivity contribution < 1.29 is 9.67 Å². The van der Waals surface area contributed by atoms with Crippen molar-refractivity contribution in [1.82, 2.24) is 0 Å². The van der Waals surface area contributed by atoms with E-state index < -0.39 is 6.10 Å². The fourth-order valence-corrected chi connectivity index (χ4v) is 4.57. The standard InChI is InChI=1S/C32H28NO/c1-24(32(34)28-20-12-5-13-21-28)33-30(26-16-8-3-9-17-26)22-29(25-14-6-2-7-15-25)23-31(33)27-18-10-4-11-19-27/h2-24,32,34H,1H3/q+1/t24-,32+/m1/s1. The molecule has 0 bridgehead atoms. The fourth-order valence-electron chi connectivity index (χ4n) is 4.57. The second-order valence-electron chi connectivity index (χ2n) is 8.58. The Bertz CT molecular complexity index is 1290. The molecule has 0 aliphatic rings. The summed E-state index contributed by atoms with van der Waals surface area (Å²) in [6.07, 6.45) is -0.654. The van der Waals surface area contributed by atoms with Crippen LogP contribution in [0.4, 0.5) is 0 Å². The second kappa shape index (κ2) is 9.86. The van der Waals surface area contributed by atoms with Gasteiger partial charge in [-0.2, -0.15) is 4.57 Å². The number of benzene rings is 4. The second-order valence-corrected chi connectivity index (χ2v) is 8.58. The summed E-state index contributed by atoms with van der Waals surface area (Å²) >= 11 is 0. The van der Waals surface area contributed by atoms with Crippen LogP contribution in [-0.2, 0) is 0 Å². The zero-order valence-electron chi connectivity index (χ0n) is 19.3. The van der Waals surface area contributed by atoms with E-state index in [-0.39, 0.29) is 6.04 Å². The first-order chi connectivity index (χ1) is 16.7. The highest BCUT2D eigenvalue weighted by molar-refractivity contribution is 5.73. The van der Waals surface area contributed by atoms with Crippen LogP contribution in [0.15, 0.2) is 133 Å². The Morgan fingerprint density at radius 2 is 0.882 bits per heavy atom. The molecule has 2 heteroatoms. The third-order valence-electron chi connectivity index (χ3n) is 6.36. The van der Waals surface area contributed by atoms with Crippen LogP contribution in [0.3, 0.4) is 0 Å². The maximum Gasteiger partial charge on any atom is 0.213 e. The third kappa shape index (κ3) is 4.41. The summed E-state index contributed by atoms with van der Waals surface area (Å²) in [5, 5.41) is 11.5. The van der Waals surface area contributed by atoms with E-state index in [1.165, 1.54) is 5.56 Å². The third-order valence-corrected chi connectivity index (χ3v) is 6.36. The predicted octanol–water partition coefficient (Wildman–Crippen LogP) is 7.27. The molecule has 5 rings (SSSR count). The van der Waals surface area contributed by atoms with Crippen molar-refractivity contribution >= 4 is 0 Å². The van der Waals surface area contributed by atoms with Gasteiger partial charge in [-0.3, -0.25) is 0 Å². The summed E-state index contributed by atoms with van der Waals surface area (Å²) in [7, 11) is 0. The first-order valence-corrected chi connectivity index (χ1v) is 11.7. The maximum absolute atomic E-state index is 11.5. The summed E-state index contributed by atoms with van der Waals surface area (Å²) in [6, 6.07) is 45.6. The zero-order chi connectivity index (χ0) is 23.3. The van der Waals surface area contributed by atoms with Gasteiger partial charge in [-0.25, -0.2) is 0 Å². The van der Waals surface area contributed by atoms with Crippen LogP contribution in [0, 0.1) is 0 Å². The molecule has 0 spiro atoms. The molecule has 5 aromatic rings. The van der Waals surface area contributed by atoms with Crippen LogP contribution >= 0.6 is 0 Å². The lowest BCUT2D eigenvalue weighted by molar-refractivity contribution is -0.708. The van der Waals surface area contributed by atoms with Gasteiger partial charge in [0.05, 0.1) is 0 Å². The van der Waals surface area contributed by atoms with Gasteiger partial charge >= 0.3 is 0 Å². The molecule has 0 unspecified atom stereocenters. The monoisotopic (exact) mass is 442 g/mol. The van der Waals surface area contributed by atoms with Crippen molar-refractivity contribution in [3.63, 3.8) is 0 Å². The molecule has 166 valence electrons. The average Bonchev–Trinajstić information content (AvgIpc) is 2.93. The fraction of sp³-hybridized carbons (Fsp3) is 0.0938. The molecule has 1 heterocycles. The Hall–Kier alpha value is -4.01. The van der Waals surface area contributed by atoms with Gasteiger partial charge in [0.2, 0.25) is 11.4 Å². The van der Waals surface area contributed by atoms with Crippen LogP contribution in [0.5, 0.6) is 0 Å². The molecular weight excluding hydrogens is 414 g/mol. The van der Waals surface area contributed by atoms with E-state index in [0.717, 1.165) is 33.6 Å². The normalized spacial score (nSPS) is 12.8. The topological polar surface area (TPSA) is 24.1 Å². The summed E-state index contributed by atoms with van der Waals surface area (Å²) in [6.45, 7) is 2.10. The van der Waals surface area contributed by atoms with Crippen molar-refractivity contribution in [3.8, 4) is 33.6 Å². The molecule has 0 saturated carbocycles. The lowest BCUT2D eigenvalue weighted by Gasteiger charge is -2.21. The minimum atomic E-state index is -0.654. The largest absolute Gasteiger partial charge is 0.381 e. The van der Waals surface area contributed by atoms with Crippen LogP contribution in [0.25, 0.3) is 33.6 Å². The lowest BCUT2D eigenvalue weighted by atomic mass is 9.96. The summed E-state index contributed by atoms with van der Waals surface area (Å²) in [5.41, 5.74) is 7.60. The van der Waals surface area contributed by atoms with Gasteiger partial charge in [0, 0.05) is 30.2 Å². The number of pyridine rings is 1. The van der Waals surface area contributed by atoms with Crippen LogP contribution < -0.4 is 4.57 Å². The highest BCUT2D eigenvalue weighted by Crippen LogP contribution is 2.33. The summed E-state index contributed by atoms with van der Waals surface area (Å²) < 4.78 is 2.29. The molecule has 34 heavy (non-hydrogen) atoms. The van der Waals surface area contributed by atoms with Crippen LogP contribution in [0.2, 0.25) is 0 Å². The minimum absolute atomic E-state index is 0.197. The van der Waals surface area contributed by atoms with E-state index in [1.54, 1.807) is 0 Å².